The predicted octanol–water partition coefficient (Wildman–Crippen LogP) is 4.54. The molecule has 3 aromatic heterocycles. The third kappa shape index (κ3) is 3.14. The van der Waals surface area contributed by atoms with Gasteiger partial charge in [0.25, 0.3) is 0 Å². The van der Waals surface area contributed by atoms with Crippen LogP contribution in [-0.2, 0) is 5.54 Å². The number of pyridine rings is 1. The summed E-state index contributed by atoms with van der Waals surface area (Å²) in [5.74, 6) is 0. The lowest BCUT2D eigenvalue weighted by Crippen LogP contribution is -2.51. The number of aliphatic hydroxyl groups is 1. The molecule has 1 fully saturated rings. The zero-order chi connectivity index (χ0) is 22.7. The summed E-state index contributed by atoms with van der Waals surface area (Å²) < 4.78 is 1.83. The lowest BCUT2D eigenvalue weighted by Gasteiger charge is -2.42. The van der Waals surface area contributed by atoms with Gasteiger partial charge in [0.05, 0.1) is 17.5 Å². The first-order valence-corrected chi connectivity index (χ1v) is 11.2. The van der Waals surface area contributed by atoms with Gasteiger partial charge in [-0.15, -0.1) is 0 Å². The topological polar surface area (TPSA) is 89.3 Å². The highest BCUT2D eigenvalue weighted by Gasteiger charge is 2.41. The van der Waals surface area contributed by atoms with Gasteiger partial charge >= 0.3 is 0 Å². The molecule has 0 bridgehead atoms. The van der Waals surface area contributed by atoms with Crippen molar-refractivity contribution in [3.8, 4) is 22.4 Å². The van der Waals surface area contributed by atoms with E-state index in [1.165, 1.54) is 0 Å². The zero-order valence-electron chi connectivity index (χ0n) is 18.7. The quantitative estimate of drug-likeness (QED) is 0.434. The molecule has 6 heteroatoms. The summed E-state index contributed by atoms with van der Waals surface area (Å²) in [4.78, 5) is 9.77. The standard InChI is InChI=1S/C27H25N5O/c1-16-12-23-29-15-22-17(2)24(18-6-4-3-5-7-18)25(30-26(22)32(23)31-16)19-8-10-20(11-9-19)27(28)13-21(33)14-27/h3-12,15,21,33H,13-14,28H2,1-2H3/t21-,27-. The number of hydrogen-bond donors (Lipinski definition) is 2. The second kappa shape index (κ2) is 7.20. The first-order valence-electron chi connectivity index (χ1n) is 11.2. The number of hydrogen-bond acceptors (Lipinski definition) is 5. The van der Waals surface area contributed by atoms with Crippen LogP contribution in [0.3, 0.4) is 0 Å². The van der Waals surface area contributed by atoms with E-state index in [0.29, 0.717) is 12.8 Å². The fraction of sp³-hybridized carbons (Fsp3) is 0.222. The van der Waals surface area contributed by atoms with Gasteiger partial charge in [0, 0.05) is 34.3 Å². The molecule has 2 aromatic carbocycles. The summed E-state index contributed by atoms with van der Waals surface area (Å²) >= 11 is 0. The Kier molecular flexibility index (Phi) is 4.37. The monoisotopic (exact) mass is 435 g/mol. The first kappa shape index (κ1) is 20.0. The van der Waals surface area contributed by atoms with Crippen molar-refractivity contribution in [2.75, 3.05) is 0 Å². The molecule has 0 saturated heterocycles. The largest absolute Gasteiger partial charge is 0.393 e. The summed E-state index contributed by atoms with van der Waals surface area (Å²) in [7, 11) is 0. The number of aryl methyl sites for hydroxylation is 2. The third-order valence-electron chi connectivity index (χ3n) is 6.81. The van der Waals surface area contributed by atoms with Gasteiger partial charge in [0.15, 0.2) is 11.3 Å². The molecular formula is C27H25N5O. The van der Waals surface area contributed by atoms with Crippen LogP contribution in [-0.4, -0.2) is 30.8 Å². The maximum absolute atomic E-state index is 9.76. The summed E-state index contributed by atoms with van der Waals surface area (Å²) in [5, 5.41) is 15.4. The minimum absolute atomic E-state index is 0.308. The van der Waals surface area contributed by atoms with Crippen molar-refractivity contribution < 1.29 is 5.11 Å². The number of rotatable bonds is 3. The van der Waals surface area contributed by atoms with Crippen molar-refractivity contribution in [2.24, 2.45) is 5.73 Å². The van der Waals surface area contributed by atoms with E-state index in [0.717, 1.165) is 55.9 Å². The van der Waals surface area contributed by atoms with Gasteiger partial charge in [-0.3, -0.25) is 0 Å². The number of aliphatic hydroxyl groups excluding tert-OH is 1. The molecule has 6 rings (SSSR count). The van der Waals surface area contributed by atoms with E-state index < -0.39 is 5.54 Å². The Hall–Kier alpha value is -3.61. The molecule has 5 aromatic rings. The van der Waals surface area contributed by atoms with Gasteiger partial charge in [-0.1, -0.05) is 54.6 Å². The summed E-state index contributed by atoms with van der Waals surface area (Å²) in [5.41, 5.74) is 14.8. The molecule has 3 heterocycles. The van der Waals surface area contributed by atoms with E-state index in [1.54, 1.807) is 0 Å². The number of nitrogens with two attached hydrogens (primary N) is 1. The highest BCUT2D eigenvalue weighted by atomic mass is 16.3. The van der Waals surface area contributed by atoms with E-state index in [-0.39, 0.29) is 6.10 Å². The molecule has 1 aliphatic carbocycles. The lowest BCUT2D eigenvalue weighted by molar-refractivity contribution is 0.0209. The van der Waals surface area contributed by atoms with Gasteiger partial charge in [-0.25, -0.2) is 9.97 Å². The lowest BCUT2D eigenvalue weighted by atomic mass is 9.70. The van der Waals surface area contributed by atoms with Crippen LogP contribution in [0.15, 0.2) is 66.9 Å². The van der Waals surface area contributed by atoms with E-state index in [1.807, 2.05) is 41.9 Å². The molecule has 164 valence electrons. The Balaban J connectivity index is 1.60. The molecule has 0 atom stereocenters. The fourth-order valence-electron chi connectivity index (χ4n) is 5.03. The average molecular weight is 436 g/mol. The second-order valence-electron chi connectivity index (χ2n) is 9.17. The van der Waals surface area contributed by atoms with Crippen molar-refractivity contribution in [2.45, 2.75) is 38.3 Å². The van der Waals surface area contributed by atoms with E-state index >= 15 is 0 Å². The maximum atomic E-state index is 9.76. The van der Waals surface area contributed by atoms with Gasteiger partial charge < -0.3 is 10.8 Å². The molecule has 6 nitrogen and oxygen atoms in total. The second-order valence-corrected chi connectivity index (χ2v) is 9.17. The van der Waals surface area contributed by atoms with Crippen LogP contribution in [0.1, 0.15) is 29.7 Å². The minimum atomic E-state index is -0.447. The molecular weight excluding hydrogens is 410 g/mol. The molecule has 0 radical (unpaired) electrons. The van der Waals surface area contributed by atoms with Crippen molar-refractivity contribution in [3.63, 3.8) is 0 Å². The van der Waals surface area contributed by atoms with Gasteiger partial charge in [-0.2, -0.15) is 9.61 Å². The Morgan fingerprint density at radius 3 is 2.42 bits per heavy atom. The molecule has 3 N–H and O–H groups in total. The van der Waals surface area contributed by atoms with Crippen LogP contribution in [0.4, 0.5) is 0 Å². The Labute approximate surface area is 191 Å². The van der Waals surface area contributed by atoms with Crippen LogP contribution in [0.25, 0.3) is 39.1 Å². The number of fused-ring (bicyclic) bond motifs is 3. The predicted molar refractivity (Wildman–Crippen MR) is 130 cm³/mol. The SMILES string of the molecule is Cc1cc2ncc3c(C)c(-c4ccccc4)c(-c4ccc([C@]5(N)C[C@H](O)C5)cc4)nc3n2n1. The average Bonchev–Trinajstić information content (AvgIpc) is 3.19. The molecule has 0 amide bonds. The number of benzene rings is 2. The number of aromatic nitrogens is 4. The zero-order valence-corrected chi connectivity index (χ0v) is 18.7. The Morgan fingerprint density at radius 2 is 1.73 bits per heavy atom. The van der Waals surface area contributed by atoms with E-state index in [9.17, 15) is 5.11 Å². The highest BCUT2D eigenvalue weighted by molar-refractivity contribution is 5.94. The molecule has 0 spiro atoms. The Bertz CT molecular complexity index is 1500. The van der Waals surface area contributed by atoms with Crippen molar-refractivity contribution in [1.29, 1.82) is 0 Å². The fourth-order valence-corrected chi connectivity index (χ4v) is 5.03. The van der Waals surface area contributed by atoms with Crippen molar-refractivity contribution in [3.05, 3.63) is 83.7 Å². The van der Waals surface area contributed by atoms with Crippen LogP contribution in [0.5, 0.6) is 0 Å². The Morgan fingerprint density at radius 1 is 1.00 bits per heavy atom. The van der Waals surface area contributed by atoms with Crippen LogP contribution >= 0.6 is 0 Å². The first-order chi connectivity index (χ1) is 15.9. The maximum Gasteiger partial charge on any atom is 0.165 e. The van der Waals surface area contributed by atoms with Crippen LogP contribution in [0, 0.1) is 13.8 Å². The molecule has 0 unspecified atom stereocenters. The summed E-state index contributed by atoms with van der Waals surface area (Å²) in [6, 6.07) is 20.6. The normalized spacial score (nSPS) is 20.3. The van der Waals surface area contributed by atoms with Gasteiger partial charge in [0.1, 0.15) is 0 Å². The number of nitrogens with zero attached hydrogens (tertiary/aromatic N) is 4. The third-order valence-corrected chi connectivity index (χ3v) is 6.81. The molecule has 1 saturated carbocycles. The van der Waals surface area contributed by atoms with Gasteiger partial charge in [0.2, 0.25) is 0 Å². The minimum Gasteiger partial charge on any atom is -0.393 e. The van der Waals surface area contributed by atoms with E-state index in [4.69, 9.17) is 10.7 Å². The summed E-state index contributed by atoms with van der Waals surface area (Å²) in [6.07, 6.45) is 2.78. The van der Waals surface area contributed by atoms with Gasteiger partial charge in [-0.05, 0) is 43.4 Å². The highest BCUT2D eigenvalue weighted by Crippen LogP contribution is 2.41. The van der Waals surface area contributed by atoms with E-state index in [2.05, 4.69) is 53.4 Å². The van der Waals surface area contributed by atoms with Crippen molar-refractivity contribution >= 4 is 16.7 Å². The van der Waals surface area contributed by atoms with Crippen molar-refractivity contribution in [1.82, 2.24) is 19.6 Å². The summed E-state index contributed by atoms with van der Waals surface area (Å²) in [6.45, 7) is 4.09. The van der Waals surface area contributed by atoms with Crippen LogP contribution < -0.4 is 5.73 Å². The smallest absolute Gasteiger partial charge is 0.165 e. The molecule has 0 aliphatic heterocycles. The molecule has 1 aliphatic rings. The van der Waals surface area contributed by atoms with Crippen LogP contribution in [0.2, 0.25) is 0 Å². The molecule has 33 heavy (non-hydrogen) atoms.